The van der Waals surface area contributed by atoms with Gasteiger partial charge in [-0.15, -0.1) is 0 Å². The maximum atomic E-state index is 5.90. The van der Waals surface area contributed by atoms with Crippen LogP contribution in [0, 0.1) is 6.92 Å². The summed E-state index contributed by atoms with van der Waals surface area (Å²) in [6.45, 7) is 4.04. The molecule has 2 aromatic carbocycles. The Hall–Kier alpha value is -2.00. The molecule has 3 rings (SSSR count). The monoisotopic (exact) mass is 283 g/mol. The van der Waals surface area contributed by atoms with Crippen LogP contribution in [-0.2, 0) is 19.4 Å². The number of aryl methyl sites for hydroxylation is 1. The number of nitrogens with two attached hydrogens (primary N) is 1. The molecule has 1 aliphatic rings. The first-order valence-electron chi connectivity index (χ1n) is 7.43. The van der Waals surface area contributed by atoms with Gasteiger partial charge in [-0.2, -0.15) is 0 Å². The van der Waals surface area contributed by atoms with Crippen LogP contribution in [0.5, 0.6) is 11.5 Å². The molecule has 0 aromatic heterocycles. The number of fused-ring (bicyclic) bond motifs is 1. The molecule has 1 aliphatic heterocycles. The number of hydrogen-bond acceptors (Lipinski definition) is 3. The van der Waals surface area contributed by atoms with Crippen LogP contribution in [0.15, 0.2) is 36.4 Å². The van der Waals surface area contributed by atoms with Crippen LogP contribution >= 0.6 is 0 Å². The number of benzene rings is 2. The number of hydrogen-bond donors (Lipinski definition) is 1. The van der Waals surface area contributed by atoms with E-state index in [1.807, 2.05) is 6.07 Å². The van der Waals surface area contributed by atoms with Crippen molar-refractivity contribution >= 4 is 0 Å². The van der Waals surface area contributed by atoms with Gasteiger partial charge in [-0.25, -0.2) is 0 Å². The van der Waals surface area contributed by atoms with E-state index in [4.69, 9.17) is 15.2 Å². The molecule has 3 nitrogen and oxygen atoms in total. The summed E-state index contributed by atoms with van der Waals surface area (Å²) in [6.07, 6.45) is 1.91. The van der Waals surface area contributed by atoms with Crippen LogP contribution in [0.3, 0.4) is 0 Å². The van der Waals surface area contributed by atoms with Crippen molar-refractivity contribution in [1.82, 2.24) is 0 Å². The largest absolute Gasteiger partial charge is 0.493 e. The minimum atomic E-state index is 0.507. The lowest BCUT2D eigenvalue weighted by Crippen LogP contribution is -2.06. The summed E-state index contributed by atoms with van der Waals surface area (Å²) in [4.78, 5) is 0. The normalized spacial score (nSPS) is 12.9. The van der Waals surface area contributed by atoms with Crippen LogP contribution in [0.4, 0.5) is 0 Å². The molecule has 0 fully saturated rings. The van der Waals surface area contributed by atoms with E-state index in [2.05, 4.69) is 37.3 Å². The van der Waals surface area contributed by atoms with E-state index in [0.717, 1.165) is 36.5 Å². The van der Waals surface area contributed by atoms with Crippen molar-refractivity contribution in [3.05, 3.63) is 58.7 Å². The van der Waals surface area contributed by atoms with E-state index < -0.39 is 0 Å². The van der Waals surface area contributed by atoms with E-state index in [1.54, 1.807) is 0 Å². The fourth-order valence-corrected chi connectivity index (χ4v) is 2.68. The third-order valence-electron chi connectivity index (χ3n) is 3.84. The third-order valence-corrected chi connectivity index (χ3v) is 3.84. The topological polar surface area (TPSA) is 44.5 Å². The Bertz CT molecular complexity index is 637. The molecule has 0 spiro atoms. The van der Waals surface area contributed by atoms with Gasteiger partial charge in [0.25, 0.3) is 0 Å². The lowest BCUT2D eigenvalue weighted by Gasteiger charge is -2.11. The molecule has 1 heterocycles. The summed E-state index contributed by atoms with van der Waals surface area (Å²) >= 11 is 0. The lowest BCUT2D eigenvalue weighted by atomic mass is 10.1. The van der Waals surface area contributed by atoms with Gasteiger partial charge in [0.15, 0.2) is 0 Å². The van der Waals surface area contributed by atoms with E-state index in [0.29, 0.717) is 13.2 Å². The van der Waals surface area contributed by atoms with Gasteiger partial charge in [0.05, 0.1) is 13.2 Å². The molecule has 110 valence electrons. The van der Waals surface area contributed by atoms with E-state index in [1.165, 1.54) is 16.7 Å². The molecule has 21 heavy (non-hydrogen) atoms. The summed E-state index contributed by atoms with van der Waals surface area (Å²) < 4.78 is 11.4. The predicted octanol–water partition coefficient (Wildman–Crippen LogP) is 3.01. The standard InChI is InChI=1S/C18H21NO2/c1-13-2-4-18(16(10-13)12-19)20-8-6-14-3-5-17-15(11-14)7-9-21-17/h2-5,10-11H,6-9,12,19H2,1H3. The molecule has 0 saturated heterocycles. The minimum Gasteiger partial charge on any atom is -0.493 e. The Morgan fingerprint density at radius 3 is 2.95 bits per heavy atom. The quantitative estimate of drug-likeness (QED) is 0.917. The van der Waals surface area contributed by atoms with Gasteiger partial charge >= 0.3 is 0 Å². The van der Waals surface area contributed by atoms with Crippen molar-refractivity contribution in [2.75, 3.05) is 13.2 Å². The highest BCUT2D eigenvalue weighted by atomic mass is 16.5. The van der Waals surface area contributed by atoms with Crippen molar-refractivity contribution in [1.29, 1.82) is 0 Å². The zero-order valence-corrected chi connectivity index (χ0v) is 12.4. The minimum absolute atomic E-state index is 0.507. The second-order valence-corrected chi connectivity index (χ2v) is 5.45. The molecule has 0 saturated carbocycles. The van der Waals surface area contributed by atoms with Crippen molar-refractivity contribution in [2.24, 2.45) is 5.73 Å². The Balaban J connectivity index is 1.61. The predicted molar refractivity (Wildman–Crippen MR) is 83.9 cm³/mol. The average Bonchev–Trinajstić information content (AvgIpc) is 2.96. The van der Waals surface area contributed by atoms with Crippen LogP contribution in [0.1, 0.15) is 22.3 Å². The lowest BCUT2D eigenvalue weighted by molar-refractivity contribution is 0.318. The summed E-state index contributed by atoms with van der Waals surface area (Å²) in [6, 6.07) is 12.6. The zero-order valence-electron chi connectivity index (χ0n) is 12.4. The molecular formula is C18H21NO2. The fraction of sp³-hybridized carbons (Fsp3) is 0.333. The van der Waals surface area contributed by atoms with E-state index >= 15 is 0 Å². The molecule has 2 N–H and O–H groups in total. The van der Waals surface area contributed by atoms with Gasteiger partial charge in [0.1, 0.15) is 11.5 Å². The van der Waals surface area contributed by atoms with Gasteiger partial charge in [-0.05, 0) is 30.2 Å². The molecule has 0 radical (unpaired) electrons. The molecular weight excluding hydrogens is 262 g/mol. The van der Waals surface area contributed by atoms with Crippen LogP contribution < -0.4 is 15.2 Å². The maximum absolute atomic E-state index is 5.90. The fourth-order valence-electron chi connectivity index (χ4n) is 2.68. The molecule has 0 atom stereocenters. The molecule has 0 unspecified atom stereocenters. The first-order chi connectivity index (χ1) is 10.3. The number of ether oxygens (including phenoxy) is 2. The number of rotatable bonds is 5. The summed E-state index contributed by atoms with van der Waals surface area (Å²) in [5.74, 6) is 1.93. The van der Waals surface area contributed by atoms with Crippen molar-refractivity contribution < 1.29 is 9.47 Å². The Morgan fingerprint density at radius 1 is 1.19 bits per heavy atom. The van der Waals surface area contributed by atoms with Gasteiger partial charge in [0, 0.05) is 24.9 Å². The Morgan fingerprint density at radius 2 is 2.10 bits per heavy atom. The van der Waals surface area contributed by atoms with Gasteiger partial charge in [-0.1, -0.05) is 29.8 Å². The highest BCUT2D eigenvalue weighted by Gasteiger charge is 2.12. The average molecular weight is 283 g/mol. The maximum Gasteiger partial charge on any atom is 0.123 e. The SMILES string of the molecule is Cc1ccc(OCCc2ccc3c(c2)CCO3)c(CN)c1. The van der Waals surface area contributed by atoms with Gasteiger partial charge in [0.2, 0.25) is 0 Å². The molecule has 0 bridgehead atoms. The van der Waals surface area contributed by atoms with Gasteiger partial charge < -0.3 is 15.2 Å². The summed E-state index contributed by atoms with van der Waals surface area (Å²) in [5, 5.41) is 0. The van der Waals surface area contributed by atoms with Crippen molar-refractivity contribution in [3.63, 3.8) is 0 Å². The van der Waals surface area contributed by atoms with Crippen LogP contribution in [0.25, 0.3) is 0 Å². The molecule has 0 amide bonds. The zero-order chi connectivity index (χ0) is 14.7. The molecule has 2 aromatic rings. The molecule has 3 heteroatoms. The van der Waals surface area contributed by atoms with Crippen molar-refractivity contribution in [2.45, 2.75) is 26.3 Å². The summed E-state index contributed by atoms with van der Waals surface area (Å²) in [5.41, 5.74) is 10.6. The first kappa shape index (κ1) is 14.0. The second kappa shape index (κ2) is 6.19. The van der Waals surface area contributed by atoms with Crippen LogP contribution in [-0.4, -0.2) is 13.2 Å². The molecule has 0 aliphatic carbocycles. The smallest absolute Gasteiger partial charge is 0.123 e. The van der Waals surface area contributed by atoms with Crippen LogP contribution in [0.2, 0.25) is 0 Å². The Kier molecular flexibility index (Phi) is 4.11. The van der Waals surface area contributed by atoms with E-state index in [9.17, 15) is 0 Å². The third kappa shape index (κ3) is 3.19. The second-order valence-electron chi connectivity index (χ2n) is 5.45. The highest BCUT2D eigenvalue weighted by Crippen LogP contribution is 2.26. The van der Waals surface area contributed by atoms with Crippen molar-refractivity contribution in [3.8, 4) is 11.5 Å². The summed E-state index contributed by atoms with van der Waals surface area (Å²) in [7, 11) is 0. The van der Waals surface area contributed by atoms with Gasteiger partial charge in [-0.3, -0.25) is 0 Å². The highest BCUT2D eigenvalue weighted by molar-refractivity contribution is 5.40. The first-order valence-corrected chi connectivity index (χ1v) is 7.43. The van der Waals surface area contributed by atoms with E-state index in [-0.39, 0.29) is 0 Å². The Labute approximate surface area is 125 Å².